The van der Waals surface area contributed by atoms with Gasteiger partial charge >= 0.3 is 17.8 Å². The topological polar surface area (TPSA) is 9.23 Å². The van der Waals surface area contributed by atoms with E-state index in [0.29, 0.717) is 21.1 Å². The summed E-state index contributed by atoms with van der Waals surface area (Å²) < 4.78 is 94.1. The molecule has 3 aromatic rings. The SMILES string of the molecule is COc1ccc(-c2cc(C)c(C3=C(c4cc(C)sc4C)C(F)(F)C(F)(F)C3(F)F)s2)cc1. The second-order valence-corrected chi connectivity index (χ2v) is 10.2. The minimum absolute atomic E-state index is 0.228. The van der Waals surface area contributed by atoms with E-state index in [2.05, 4.69) is 0 Å². The summed E-state index contributed by atoms with van der Waals surface area (Å²) >= 11 is 1.89. The maximum Gasteiger partial charge on any atom is 0.380 e. The van der Waals surface area contributed by atoms with Crippen LogP contribution >= 0.6 is 22.7 Å². The second kappa shape index (κ2) is 7.38. The van der Waals surface area contributed by atoms with Crippen molar-refractivity contribution >= 4 is 33.8 Å². The van der Waals surface area contributed by atoms with Crippen LogP contribution in [0.3, 0.4) is 0 Å². The summed E-state index contributed by atoms with van der Waals surface area (Å²) in [6.45, 7) is 4.54. The van der Waals surface area contributed by atoms with Crippen molar-refractivity contribution in [3.8, 4) is 16.2 Å². The van der Waals surface area contributed by atoms with Gasteiger partial charge in [-0.15, -0.1) is 22.7 Å². The zero-order chi connectivity index (χ0) is 23.6. The zero-order valence-electron chi connectivity index (χ0n) is 17.5. The Hall–Kier alpha value is -2.26. The van der Waals surface area contributed by atoms with Crippen LogP contribution in [0.15, 0.2) is 36.4 Å². The van der Waals surface area contributed by atoms with Crippen molar-refractivity contribution in [2.75, 3.05) is 7.11 Å². The molecule has 170 valence electrons. The molecule has 4 rings (SSSR count). The monoisotopic (exact) mass is 488 g/mol. The number of ether oxygens (including phenoxy) is 1. The summed E-state index contributed by atoms with van der Waals surface area (Å²) in [6, 6.07) is 9.52. The van der Waals surface area contributed by atoms with Crippen LogP contribution < -0.4 is 4.74 Å². The number of benzene rings is 1. The van der Waals surface area contributed by atoms with E-state index in [-0.39, 0.29) is 20.9 Å². The molecule has 0 amide bonds. The van der Waals surface area contributed by atoms with Gasteiger partial charge in [-0.3, -0.25) is 0 Å². The van der Waals surface area contributed by atoms with E-state index >= 15 is 8.78 Å². The van der Waals surface area contributed by atoms with E-state index in [4.69, 9.17) is 4.74 Å². The highest BCUT2D eigenvalue weighted by atomic mass is 32.1. The molecule has 1 nitrogen and oxygen atoms in total. The first-order chi connectivity index (χ1) is 14.8. The number of rotatable bonds is 4. The minimum Gasteiger partial charge on any atom is -0.497 e. The summed E-state index contributed by atoms with van der Waals surface area (Å²) in [5, 5.41) is 0. The van der Waals surface area contributed by atoms with Crippen LogP contribution in [0, 0.1) is 20.8 Å². The fourth-order valence-corrected chi connectivity index (χ4v) is 6.08. The van der Waals surface area contributed by atoms with Crippen molar-refractivity contribution < 1.29 is 31.1 Å². The third kappa shape index (κ3) is 3.12. The zero-order valence-corrected chi connectivity index (χ0v) is 19.1. The smallest absolute Gasteiger partial charge is 0.380 e. The van der Waals surface area contributed by atoms with Crippen LogP contribution in [0.5, 0.6) is 5.75 Å². The van der Waals surface area contributed by atoms with Gasteiger partial charge in [-0.25, -0.2) is 0 Å². The van der Waals surface area contributed by atoms with Crippen LogP contribution in [0.1, 0.15) is 25.8 Å². The molecule has 1 aromatic carbocycles. The second-order valence-electron chi connectivity index (χ2n) is 7.65. The highest BCUT2D eigenvalue weighted by Gasteiger charge is 2.80. The van der Waals surface area contributed by atoms with Crippen molar-refractivity contribution in [1.29, 1.82) is 0 Å². The van der Waals surface area contributed by atoms with Gasteiger partial charge in [-0.05, 0) is 73.9 Å². The van der Waals surface area contributed by atoms with Gasteiger partial charge in [0, 0.05) is 25.1 Å². The summed E-state index contributed by atoms with van der Waals surface area (Å²) in [5.74, 6) is -15.0. The van der Waals surface area contributed by atoms with Crippen LogP contribution in [-0.2, 0) is 0 Å². The van der Waals surface area contributed by atoms with Crippen LogP contribution in [0.4, 0.5) is 26.3 Å². The molecule has 0 fully saturated rings. The summed E-state index contributed by atoms with van der Waals surface area (Å²) in [4.78, 5) is 1.09. The Bertz CT molecular complexity index is 1220. The first-order valence-electron chi connectivity index (χ1n) is 9.54. The highest BCUT2D eigenvalue weighted by molar-refractivity contribution is 7.17. The average molecular weight is 489 g/mol. The predicted molar refractivity (Wildman–Crippen MR) is 116 cm³/mol. The molecule has 0 saturated carbocycles. The molecule has 0 radical (unpaired) electrons. The fourth-order valence-electron chi connectivity index (χ4n) is 3.89. The lowest BCUT2D eigenvalue weighted by Crippen LogP contribution is -2.48. The Morgan fingerprint density at radius 1 is 0.781 bits per heavy atom. The van der Waals surface area contributed by atoms with E-state index in [9.17, 15) is 17.6 Å². The molecule has 1 aliphatic rings. The van der Waals surface area contributed by atoms with E-state index < -0.39 is 28.9 Å². The van der Waals surface area contributed by atoms with Crippen molar-refractivity contribution in [2.45, 2.75) is 38.5 Å². The number of hydrogen-bond acceptors (Lipinski definition) is 3. The van der Waals surface area contributed by atoms with E-state index in [1.165, 1.54) is 27.0 Å². The Balaban J connectivity index is 1.99. The van der Waals surface area contributed by atoms with Gasteiger partial charge in [0.2, 0.25) is 0 Å². The Kier molecular flexibility index (Phi) is 5.29. The maximum absolute atomic E-state index is 15.0. The maximum atomic E-state index is 15.0. The fraction of sp³-hybridized carbons (Fsp3) is 0.304. The molecule has 32 heavy (non-hydrogen) atoms. The third-order valence-electron chi connectivity index (χ3n) is 5.50. The van der Waals surface area contributed by atoms with Crippen LogP contribution in [0.2, 0.25) is 0 Å². The number of halogens is 6. The highest BCUT2D eigenvalue weighted by Crippen LogP contribution is 2.66. The lowest BCUT2D eigenvalue weighted by Gasteiger charge is -2.25. The van der Waals surface area contributed by atoms with Gasteiger partial charge < -0.3 is 4.74 Å². The molecular formula is C23H18F6OS2. The predicted octanol–water partition coefficient (Wildman–Crippen LogP) is 8.24. The molecule has 2 heterocycles. The van der Waals surface area contributed by atoms with Crippen molar-refractivity contribution in [1.82, 2.24) is 0 Å². The third-order valence-corrected chi connectivity index (χ3v) is 7.77. The Morgan fingerprint density at radius 2 is 1.38 bits per heavy atom. The van der Waals surface area contributed by atoms with Crippen LogP contribution in [-0.4, -0.2) is 24.9 Å². The quantitative estimate of drug-likeness (QED) is 0.336. The molecule has 1 aliphatic carbocycles. The Labute approximate surface area is 189 Å². The average Bonchev–Trinajstić information content (AvgIpc) is 3.28. The summed E-state index contributed by atoms with van der Waals surface area (Å²) in [7, 11) is 1.49. The molecular weight excluding hydrogens is 470 g/mol. The lowest BCUT2D eigenvalue weighted by atomic mass is 9.97. The number of hydrogen-bond donors (Lipinski definition) is 0. The molecule has 0 N–H and O–H groups in total. The molecule has 0 saturated heterocycles. The molecule has 2 aromatic heterocycles. The molecule has 0 unspecified atom stereocenters. The first-order valence-corrected chi connectivity index (χ1v) is 11.2. The number of allylic oxidation sites excluding steroid dienone is 2. The normalized spacial score (nSPS) is 18.9. The molecule has 9 heteroatoms. The first kappa shape index (κ1) is 22.9. The van der Waals surface area contributed by atoms with Crippen molar-refractivity contribution in [2.24, 2.45) is 0 Å². The van der Waals surface area contributed by atoms with Gasteiger partial charge in [-0.2, -0.15) is 26.3 Å². The molecule has 0 aliphatic heterocycles. The number of aryl methyl sites for hydroxylation is 3. The largest absolute Gasteiger partial charge is 0.497 e. The molecule has 0 bridgehead atoms. The van der Waals surface area contributed by atoms with Crippen molar-refractivity contribution in [3.63, 3.8) is 0 Å². The van der Waals surface area contributed by atoms with E-state index in [0.717, 1.165) is 22.7 Å². The minimum atomic E-state index is -5.55. The summed E-state index contributed by atoms with van der Waals surface area (Å²) in [5.41, 5.74) is -1.99. The summed E-state index contributed by atoms with van der Waals surface area (Å²) in [6.07, 6.45) is 0. The van der Waals surface area contributed by atoms with Gasteiger partial charge in [0.25, 0.3) is 0 Å². The lowest BCUT2D eigenvalue weighted by molar-refractivity contribution is -0.254. The van der Waals surface area contributed by atoms with E-state index in [1.54, 1.807) is 37.3 Å². The number of methoxy groups -OCH3 is 1. The van der Waals surface area contributed by atoms with Gasteiger partial charge in [-0.1, -0.05) is 0 Å². The molecule has 0 atom stereocenters. The van der Waals surface area contributed by atoms with E-state index in [1.807, 2.05) is 0 Å². The number of alkyl halides is 6. The van der Waals surface area contributed by atoms with Crippen molar-refractivity contribution in [3.05, 3.63) is 62.2 Å². The Morgan fingerprint density at radius 3 is 1.91 bits per heavy atom. The standard InChI is InChI=1S/C23H18F6OS2/c1-11-9-17(14-5-7-15(30-4)8-6-14)32-20(11)19-18(16-10-12(2)31-13(16)3)21(24,25)23(28,29)22(19,26)27/h5-10H,1-4H3. The van der Waals surface area contributed by atoms with Gasteiger partial charge in [0.15, 0.2) is 0 Å². The number of thiophene rings is 2. The van der Waals surface area contributed by atoms with Crippen LogP contribution in [0.25, 0.3) is 21.6 Å². The van der Waals surface area contributed by atoms with Gasteiger partial charge in [0.05, 0.1) is 12.7 Å². The molecule has 0 spiro atoms. The van der Waals surface area contributed by atoms with Gasteiger partial charge in [0.1, 0.15) is 5.75 Å².